The molecule has 1 aromatic carbocycles. The van der Waals surface area contributed by atoms with E-state index in [0.717, 1.165) is 42.7 Å². The Kier molecular flexibility index (Phi) is 6.76. The molecule has 2 unspecified atom stereocenters. The monoisotopic (exact) mass is 398 g/mol. The van der Waals surface area contributed by atoms with Crippen molar-refractivity contribution < 1.29 is 14.3 Å². The SMILES string of the molecule is CCCCCc1cc(OC(=O)CC(C)C)c2c(c1)OC(C)(C)C1CC=C(C)CC21. The Bertz CT molecular complexity index is 772. The quantitative estimate of drug-likeness (QED) is 0.215. The lowest BCUT2D eigenvalue weighted by Crippen LogP contribution is -2.45. The Balaban J connectivity index is 2.02. The molecular formula is C26H38O3. The van der Waals surface area contributed by atoms with Gasteiger partial charge in [0.1, 0.15) is 17.1 Å². The van der Waals surface area contributed by atoms with Gasteiger partial charge in [-0.15, -0.1) is 0 Å². The van der Waals surface area contributed by atoms with Crippen molar-refractivity contribution in [3.63, 3.8) is 0 Å². The summed E-state index contributed by atoms with van der Waals surface area (Å²) in [6.07, 6.45) is 9.35. The van der Waals surface area contributed by atoms with Gasteiger partial charge in [0.25, 0.3) is 0 Å². The molecular weight excluding hydrogens is 360 g/mol. The van der Waals surface area contributed by atoms with E-state index >= 15 is 0 Å². The summed E-state index contributed by atoms with van der Waals surface area (Å²) in [5, 5.41) is 0. The number of esters is 1. The van der Waals surface area contributed by atoms with Crippen LogP contribution in [0.15, 0.2) is 23.8 Å². The zero-order chi connectivity index (χ0) is 21.2. The number of hydrogen-bond acceptors (Lipinski definition) is 3. The summed E-state index contributed by atoms with van der Waals surface area (Å²) in [6.45, 7) is 12.9. The molecule has 0 saturated heterocycles. The number of rotatable bonds is 7. The first kappa shape index (κ1) is 21.9. The molecule has 3 nitrogen and oxygen atoms in total. The lowest BCUT2D eigenvalue weighted by Gasteiger charge is -2.47. The summed E-state index contributed by atoms with van der Waals surface area (Å²) in [6, 6.07) is 4.31. The molecule has 0 N–H and O–H groups in total. The Labute approximate surface area is 176 Å². The normalized spacial score (nSPS) is 22.4. The van der Waals surface area contributed by atoms with Crippen molar-refractivity contribution in [2.75, 3.05) is 0 Å². The van der Waals surface area contributed by atoms with Crippen LogP contribution < -0.4 is 9.47 Å². The van der Waals surface area contributed by atoms with E-state index in [-0.39, 0.29) is 17.5 Å². The van der Waals surface area contributed by atoms with E-state index in [2.05, 4.69) is 59.8 Å². The van der Waals surface area contributed by atoms with Gasteiger partial charge in [-0.25, -0.2) is 0 Å². The van der Waals surface area contributed by atoms with Crippen molar-refractivity contribution in [2.45, 2.75) is 98.0 Å². The van der Waals surface area contributed by atoms with E-state index in [1.54, 1.807) is 0 Å². The van der Waals surface area contributed by atoms with Gasteiger partial charge in [-0.3, -0.25) is 4.79 Å². The van der Waals surface area contributed by atoms with Crippen LogP contribution in [0.4, 0.5) is 0 Å². The van der Waals surface area contributed by atoms with E-state index in [1.807, 2.05) is 0 Å². The molecule has 1 aliphatic carbocycles. The fourth-order valence-electron chi connectivity index (χ4n) is 4.91. The molecule has 1 heterocycles. The molecule has 0 aromatic heterocycles. The molecule has 0 fully saturated rings. The zero-order valence-electron chi connectivity index (χ0n) is 19.1. The molecule has 3 rings (SSSR count). The van der Waals surface area contributed by atoms with Gasteiger partial charge in [-0.05, 0) is 70.1 Å². The Morgan fingerprint density at radius 1 is 1.28 bits per heavy atom. The Morgan fingerprint density at radius 3 is 2.72 bits per heavy atom. The van der Waals surface area contributed by atoms with Crippen molar-refractivity contribution in [1.29, 1.82) is 0 Å². The second kappa shape index (κ2) is 8.93. The van der Waals surface area contributed by atoms with Gasteiger partial charge < -0.3 is 9.47 Å². The summed E-state index contributed by atoms with van der Waals surface area (Å²) in [4.78, 5) is 12.6. The van der Waals surface area contributed by atoms with Gasteiger partial charge in [-0.1, -0.05) is 45.3 Å². The highest BCUT2D eigenvalue weighted by molar-refractivity contribution is 5.74. The van der Waals surface area contributed by atoms with E-state index < -0.39 is 0 Å². The summed E-state index contributed by atoms with van der Waals surface area (Å²) >= 11 is 0. The van der Waals surface area contributed by atoms with Crippen LogP contribution >= 0.6 is 0 Å². The third-order valence-corrected chi connectivity index (χ3v) is 6.42. The molecule has 1 aromatic rings. The van der Waals surface area contributed by atoms with E-state index in [1.165, 1.54) is 24.0 Å². The van der Waals surface area contributed by atoms with Crippen LogP contribution in [0.5, 0.6) is 11.5 Å². The number of unbranched alkanes of at least 4 members (excludes halogenated alkanes) is 2. The molecule has 0 saturated carbocycles. The number of aryl methyl sites for hydroxylation is 1. The lowest BCUT2D eigenvalue weighted by atomic mass is 9.67. The first-order valence-electron chi connectivity index (χ1n) is 11.4. The number of ether oxygens (including phenoxy) is 2. The van der Waals surface area contributed by atoms with Crippen LogP contribution in [-0.2, 0) is 11.2 Å². The number of allylic oxidation sites excluding steroid dienone is 2. The van der Waals surface area contributed by atoms with Gasteiger partial charge in [0.15, 0.2) is 0 Å². The number of carbonyl (C=O) groups is 1. The second-order valence-corrected chi connectivity index (χ2v) is 9.94. The minimum Gasteiger partial charge on any atom is -0.487 e. The molecule has 0 amide bonds. The average Bonchev–Trinajstić information content (AvgIpc) is 2.60. The fraction of sp³-hybridized carbons (Fsp3) is 0.654. The maximum atomic E-state index is 12.6. The highest BCUT2D eigenvalue weighted by atomic mass is 16.5. The van der Waals surface area contributed by atoms with Crippen LogP contribution in [0.25, 0.3) is 0 Å². The first-order chi connectivity index (χ1) is 13.7. The molecule has 160 valence electrons. The molecule has 0 bridgehead atoms. The van der Waals surface area contributed by atoms with Crippen molar-refractivity contribution in [3.05, 3.63) is 34.9 Å². The molecule has 1 aliphatic heterocycles. The van der Waals surface area contributed by atoms with Gasteiger partial charge in [0, 0.05) is 23.8 Å². The number of hydrogen-bond donors (Lipinski definition) is 0. The van der Waals surface area contributed by atoms with Crippen LogP contribution in [0, 0.1) is 11.8 Å². The molecule has 2 atom stereocenters. The summed E-state index contributed by atoms with van der Waals surface area (Å²) in [5.74, 6) is 2.54. The molecule has 0 radical (unpaired) electrons. The fourth-order valence-corrected chi connectivity index (χ4v) is 4.91. The predicted octanol–water partition coefficient (Wildman–Crippen LogP) is 6.98. The largest absolute Gasteiger partial charge is 0.487 e. The standard InChI is InChI=1S/C26H38O3/c1-7-8-9-10-19-15-22(28-24(27)13-17(2)3)25-20-14-18(4)11-12-21(20)26(5,6)29-23(25)16-19/h11,15-17,20-21H,7-10,12-14H2,1-6H3. The average molecular weight is 399 g/mol. The van der Waals surface area contributed by atoms with Crippen LogP contribution in [-0.4, -0.2) is 11.6 Å². The Hall–Kier alpha value is -1.77. The topological polar surface area (TPSA) is 35.5 Å². The minimum absolute atomic E-state index is 0.141. The maximum absolute atomic E-state index is 12.6. The highest BCUT2D eigenvalue weighted by Crippen LogP contribution is 2.54. The van der Waals surface area contributed by atoms with Crippen molar-refractivity contribution in [3.8, 4) is 11.5 Å². The van der Waals surface area contributed by atoms with Gasteiger partial charge >= 0.3 is 5.97 Å². The molecule has 29 heavy (non-hydrogen) atoms. The summed E-state index contributed by atoms with van der Waals surface area (Å²) in [7, 11) is 0. The summed E-state index contributed by atoms with van der Waals surface area (Å²) < 4.78 is 12.5. The molecule has 0 spiro atoms. The van der Waals surface area contributed by atoms with Crippen molar-refractivity contribution in [1.82, 2.24) is 0 Å². The van der Waals surface area contributed by atoms with Crippen LogP contribution in [0.3, 0.4) is 0 Å². The first-order valence-corrected chi connectivity index (χ1v) is 11.4. The number of benzene rings is 1. The van der Waals surface area contributed by atoms with E-state index in [4.69, 9.17) is 9.47 Å². The zero-order valence-corrected chi connectivity index (χ0v) is 19.1. The van der Waals surface area contributed by atoms with E-state index in [0.29, 0.717) is 18.3 Å². The van der Waals surface area contributed by atoms with Crippen molar-refractivity contribution in [2.24, 2.45) is 11.8 Å². The molecule has 3 heteroatoms. The Morgan fingerprint density at radius 2 is 2.03 bits per heavy atom. The summed E-state index contributed by atoms with van der Waals surface area (Å²) in [5.41, 5.74) is 3.51. The van der Waals surface area contributed by atoms with Gasteiger partial charge in [0.05, 0.1) is 0 Å². The van der Waals surface area contributed by atoms with Crippen molar-refractivity contribution >= 4 is 5.97 Å². The van der Waals surface area contributed by atoms with Crippen LogP contribution in [0.1, 0.15) is 97.1 Å². The minimum atomic E-state index is -0.226. The van der Waals surface area contributed by atoms with Crippen LogP contribution in [0.2, 0.25) is 0 Å². The number of fused-ring (bicyclic) bond motifs is 3. The third-order valence-electron chi connectivity index (χ3n) is 6.42. The third kappa shape index (κ3) is 5.05. The highest BCUT2D eigenvalue weighted by Gasteiger charge is 2.46. The van der Waals surface area contributed by atoms with E-state index in [9.17, 15) is 4.79 Å². The smallest absolute Gasteiger partial charge is 0.311 e. The maximum Gasteiger partial charge on any atom is 0.311 e. The lowest BCUT2D eigenvalue weighted by molar-refractivity contribution is -0.135. The molecule has 2 aliphatic rings. The van der Waals surface area contributed by atoms with Gasteiger partial charge in [-0.2, -0.15) is 0 Å². The second-order valence-electron chi connectivity index (χ2n) is 9.94. The van der Waals surface area contributed by atoms with Gasteiger partial charge in [0.2, 0.25) is 0 Å². The predicted molar refractivity (Wildman–Crippen MR) is 119 cm³/mol. The number of carbonyl (C=O) groups excluding carboxylic acids is 1.